The summed E-state index contributed by atoms with van der Waals surface area (Å²) in [5.74, 6) is 1.10. The molecule has 0 amide bonds. The van der Waals surface area contributed by atoms with Gasteiger partial charge in [0, 0.05) is 13.2 Å². The van der Waals surface area contributed by atoms with E-state index in [2.05, 4.69) is 22.0 Å². The lowest BCUT2D eigenvalue weighted by atomic mass is 10.1. The average molecular weight is 242 g/mol. The first kappa shape index (κ1) is 14.1. The third-order valence-electron chi connectivity index (χ3n) is 2.59. The van der Waals surface area contributed by atoms with E-state index in [0.717, 1.165) is 0 Å². The molecule has 0 radical (unpaired) electrons. The van der Waals surface area contributed by atoms with Crippen molar-refractivity contribution >= 4 is 0 Å². The van der Waals surface area contributed by atoms with Crippen molar-refractivity contribution in [2.24, 2.45) is 5.73 Å². The van der Waals surface area contributed by atoms with Crippen LogP contribution in [0.25, 0.3) is 0 Å². The van der Waals surface area contributed by atoms with Crippen LogP contribution in [0, 0.1) is 0 Å². The van der Waals surface area contributed by atoms with Crippen molar-refractivity contribution < 1.29 is 9.26 Å². The smallest absolute Gasteiger partial charge is 0.240 e. The van der Waals surface area contributed by atoms with Gasteiger partial charge < -0.3 is 15.0 Å². The summed E-state index contributed by atoms with van der Waals surface area (Å²) in [6.07, 6.45) is 0. The van der Waals surface area contributed by atoms with Crippen LogP contribution in [0.2, 0.25) is 0 Å². The molecule has 0 saturated heterocycles. The minimum Gasteiger partial charge on any atom is -0.383 e. The second-order valence-corrected chi connectivity index (χ2v) is 4.95. The van der Waals surface area contributed by atoms with Crippen molar-refractivity contribution in [1.29, 1.82) is 0 Å². The first-order chi connectivity index (χ1) is 7.84. The number of hydrogen-bond acceptors (Lipinski definition) is 6. The lowest BCUT2D eigenvalue weighted by Crippen LogP contribution is -2.32. The normalized spacial score (nSPS) is 14.3. The van der Waals surface area contributed by atoms with Crippen LogP contribution in [-0.2, 0) is 16.8 Å². The van der Waals surface area contributed by atoms with Gasteiger partial charge in [-0.1, -0.05) is 5.16 Å². The van der Waals surface area contributed by atoms with Gasteiger partial charge in [-0.3, -0.25) is 4.90 Å². The van der Waals surface area contributed by atoms with Crippen LogP contribution in [-0.4, -0.2) is 41.8 Å². The fraction of sp³-hybridized carbons (Fsp3) is 0.818. The Balaban J connectivity index is 2.60. The molecule has 6 heteroatoms. The molecule has 1 atom stereocenters. The number of nitrogens with zero attached hydrogens (tertiary/aromatic N) is 3. The Hall–Kier alpha value is -0.980. The predicted octanol–water partition coefficient (Wildman–Crippen LogP) is 0.730. The Morgan fingerprint density at radius 2 is 2.18 bits per heavy atom. The molecule has 2 N–H and O–H groups in total. The molecule has 0 spiro atoms. The monoisotopic (exact) mass is 242 g/mol. The van der Waals surface area contributed by atoms with Crippen LogP contribution in [0.1, 0.15) is 32.5 Å². The van der Waals surface area contributed by atoms with E-state index in [9.17, 15) is 0 Å². The molecular weight excluding hydrogens is 220 g/mol. The summed E-state index contributed by atoms with van der Waals surface area (Å²) in [5, 5.41) is 3.88. The molecule has 6 nitrogen and oxygen atoms in total. The highest BCUT2D eigenvalue weighted by Gasteiger charge is 2.22. The zero-order valence-electron chi connectivity index (χ0n) is 11.2. The number of likely N-dealkylation sites (N-methyl/N-ethyl adjacent to an activating group) is 1. The van der Waals surface area contributed by atoms with Crippen LogP contribution in [0.3, 0.4) is 0 Å². The summed E-state index contributed by atoms with van der Waals surface area (Å²) in [7, 11) is 3.67. The Morgan fingerprint density at radius 1 is 1.53 bits per heavy atom. The van der Waals surface area contributed by atoms with Gasteiger partial charge in [0.25, 0.3) is 0 Å². The Labute approximate surface area is 102 Å². The van der Waals surface area contributed by atoms with Crippen LogP contribution in [0.4, 0.5) is 0 Å². The number of methoxy groups -OCH3 is 1. The summed E-state index contributed by atoms with van der Waals surface area (Å²) in [4.78, 5) is 6.37. The maximum Gasteiger partial charge on any atom is 0.240 e. The Bertz CT molecular complexity index is 345. The number of rotatable bonds is 6. The summed E-state index contributed by atoms with van der Waals surface area (Å²) in [6, 6.07) is 0.293. The van der Waals surface area contributed by atoms with Gasteiger partial charge in [0.1, 0.15) is 0 Å². The molecular formula is C11H22N4O2. The van der Waals surface area contributed by atoms with Crippen LogP contribution < -0.4 is 5.73 Å². The third-order valence-corrected chi connectivity index (χ3v) is 2.59. The molecule has 1 aromatic heterocycles. The summed E-state index contributed by atoms with van der Waals surface area (Å²) in [6.45, 7) is 7.03. The zero-order valence-corrected chi connectivity index (χ0v) is 11.2. The second kappa shape index (κ2) is 5.57. The average Bonchev–Trinajstić information content (AvgIpc) is 2.66. The van der Waals surface area contributed by atoms with E-state index in [-0.39, 0.29) is 0 Å². The minimum absolute atomic E-state index is 0.293. The molecule has 1 unspecified atom stereocenters. The first-order valence-corrected chi connectivity index (χ1v) is 5.65. The lowest BCUT2D eigenvalue weighted by Gasteiger charge is -2.21. The summed E-state index contributed by atoms with van der Waals surface area (Å²) >= 11 is 0. The molecule has 0 bridgehead atoms. The SMILES string of the molecule is COCC(C)N(C)Cc1nc(C(C)(C)N)no1. The summed E-state index contributed by atoms with van der Waals surface area (Å²) < 4.78 is 10.3. The molecule has 17 heavy (non-hydrogen) atoms. The molecule has 1 heterocycles. The van der Waals surface area contributed by atoms with Gasteiger partial charge in [-0.15, -0.1) is 0 Å². The van der Waals surface area contributed by atoms with Crippen LogP contribution in [0.15, 0.2) is 4.52 Å². The van der Waals surface area contributed by atoms with E-state index in [1.165, 1.54) is 0 Å². The molecule has 0 saturated carbocycles. The van der Waals surface area contributed by atoms with E-state index in [1.54, 1.807) is 7.11 Å². The van der Waals surface area contributed by atoms with Crippen molar-refractivity contribution in [1.82, 2.24) is 15.0 Å². The number of aromatic nitrogens is 2. The van der Waals surface area contributed by atoms with Crippen molar-refractivity contribution in [3.63, 3.8) is 0 Å². The van der Waals surface area contributed by atoms with E-state index in [1.807, 2.05) is 20.9 Å². The maximum atomic E-state index is 5.89. The highest BCUT2D eigenvalue weighted by Crippen LogP contribution is 2.13. The van der Waals surface area contributed by atoms with Gasteiger partial charge in [0.2, 0.25) is 5.89 Å². The highest BCUT2D eigenvalue weighted by molar-refractivity contribution is 4.99. The molecule has 1 aromatic rings. The van der Waals surface area contributed by atoms with Gasteiger partial charge in [-0.2, -0.15) is 4.98 Å². The number of nitrogens with two attached hydrogens (primary N) is 1. The zero-order chi connectivity index (χ0) is 13.1. The molecule has 0 aromatic carbocycles. The van der Waals surface area contributed by atoms with Gasteiger partial charge in [0.15, 0.2) is 5.82 Å². The van der Waals surface area contributed by atoms with Gasteiger partial charge >= 0.3 is 0 Å². The maximum absolute atomic E-state index is 5.89. The van der Waals surface area contributed by atoms with Crippen molar-refractivity contribution in [2.45, 2.75) is 38.9 Å². The molecule has 0 aliphatic rings. The molecule has 0 aliphatic heterocycles. The summed E-state index contributed by atoms with van der Waals surface area (Å²) in [5.41, 5.74) is 5.32. The fourth-order valence-electron chi connectivity index (χ4n) is 1.32. The minimum atomic E-state index is -0.571. The fourth-order valence-corrected chi connectivity index (χ4v) is 1.32. The van der Waals surface area contributed by atoms with Crippen molar-refractivity contribution in [3.05, 3.63) is 11.7 Å². The Morgan fingerprint density at radius 3 is 2.65 bits per heavy atom. The molecule has 98 valence electrons. The van der Waals surface area contributed by atoms with Gasteiger partial charge in [-0.25, -0.2) is 0 Å². The predicted molar refractivity (Wildman–Crippen MR) is 64.3 cm³/mol. The first-order valence-electron chi connectivity index (χ1n) is 5.65. The molecule has 0 fully saturated rings. The largest absolute Gasteiger partial charge is 0.383 e. The molecule has 0 aliphatic carbocycles. The topological polar surface area (TPSA) is 77.4 Å². The standard InChI is InChI=1S/C11H22N4O2/c1-8(7-16-5)15(4)6-9-13-10(14-17-9)11(2,3)12/h8H,6-7,12H2,1-5H3. The second-order valence-electron chi connectivity index (χ2n) is 4.95. The van der Waals surface area contributed by atoms with E-state index in [0.29, 0.717) is 30.9 Å². The van der Waals surface area contributed by atoms with E-state index < -0.39 is 5.54 Å². The van der Waals surface area contributed by atoms with Crippen LogP contribution in [0.5, 0.6) is 0 Å². The number of hydrogen-bond donors (Lipinski definition) is 1. The van der Waals surface area contributed by atoms with Crippen LogP contribution >= 0.6 is 0 Å². The van der Waals surface area contributed by atoms with Gasteiger partial charge in [-0.05, 0) is 27.8 Å². The van der Waals surface area contributed by atoms with Crippen molar-refractivity contribution in [2.75, 3.05) is 20.8 Å². The third kappa shape index (κ3) is 4.07. The van der Waals surface area contributed by atoms with Gasteiger partial charge in [0.05, 0.1) is 18.7 Å². The van der Waals surface area contributed by atoms with E-state index >= 15 is 0 Å². The lowest BCUT2D eigenvalue weighted by molar-refractivity contribution is 0.105. The Kier molecular flexibility index (Phi) is 4.62. The van der Waals surface area contributed by atoms with E-state index in [4.69, 9.17) is 15.0 Å². The molecule has 1 rings (SSSR count). The van der Waals surface area contributed by atoms with Crippen molar-refractivity contribution in [3.8, 4) is 0 Å². The number of ether oxygens (including phenoxy) is 1. The highest BCUT2D eigenvalue weighted by atomic mass is 16.5. The quantitative estimate of drug-likeness (QED) is 0.792.